The number of nitrogens with zero attached hydrogens (tertiary/aromatic N) is 4. The summed E-state index contributed by atoms with van der Waals surface area (Å²) in [5, 5.41) is 6.68. The zero-order valence-corrected chi connectivity index (χ0v) is 20.4. The fourth-order valence-electron chi connectivity index (χ4n) is 3.89. The van der Waals surface area contributed by atoms with E-state index in [2.05, 4.69) is 27.4 Å². The van der Waals surface area contributed by atoms with Crippen LogP contribution in [0.25, 0.3) is 21.1 Å². The van der Waals surface area contributed by atoms with Crippen molar-refractivity contribution in [2.45, 2.75) is 13.0 Å². The molecule has 0 aliphatic carbocycles. The third-order valence-corrected chi connectivity index (χ3v) is 7.87. The molecule has 1 aliphatic rings. The van der Waals surface area contributed by atoms with E-state index in [-0.39, 0.29) is 5.91 Å². The first-order chi connectivity index (χ1) is 16.2. The highest BCUT2D eigenvalue weighted by Gasteiger charge is 2.23. The second-order valence-electron chi connectivity index (χ2n) is 7.97. The molecule has 3 heterocycles. The summed E-state index contributed by atoms with van der Waals surface area (Å²) in [6.07, 6.45) is 0.327. The number of piperazine rings is 1. The molecule has 0 spiro atoms. The largest absolute Gasteiger partial charge is 0.340 e. The van der Waals surface area contributed by atoms with Gasteiger partial charge in [-0.2, -0.15) is 0 Å². The van der Waals surface area contributed by atoms with Crippen molar-refractivity contribution in [3.8, 4) is 21.1 Å². The van der Waals surface area contributed by atoms with E-state index in [4.69, 9.17) is 16.6 Å². The number of carbonyl (C=O) groups excluding carboxylic acids is 1. The van der Waals surface area contributed by atoms with Crippen LogP contribution in [0.1, 0.15) is 11.4 Å². The quantitative estimate of drug-likeness (QED) is 0.356. The Morgan fingerprint density at radius 1 is 0.848 bits per heavy atom. The van der Waals surface area contributed by atoms with Crippen LogP contribution in [0, 0.1) is 0 Å². The van der Waals surface area contributed by atoms with Gasteiger partial charge in [-0.05, 0) is 6.07 Å². The Labute approximate surface area is 206 Å². The molecule has 2 aromatic heterocycles. The van der Waals surface area contributed by atoms with Gasteiger partial charge in [0.05, 0.1) is 22.8 Å². The number of halogens is 1. The van der Waals surface area contributed by atoms with Crippen molar-refractivity contribution in [3.63, 3.8) is 0 Å². The number of thiazole rings is 2. The van der Waals surface area contributed by atoms with E-state index < -0.39 is 0 Å². The van der Waals surface area contributed by atoms with E-state index in [0.717, 1.165) is 65.3 Å². The molecule has 33 heavy (non-hydrogen) atoms. The van der Waals surface area contributed by atoms with Gasteiger partial charge in [-0.15, -0.1) is 22.7 Å². The van der Waals surface area contributed by atoms with E-state index in [1.54, 1.807) is 11.3 Å². The zero-order chi connectivity index (χ0) is 22.6. The molecule has 0 saturated carbocycles. The zero-order valence-electron chi connectivity index (χ0n) is 18.0. The summed E-state index contributed by atoms with van der Waals surface area (Å²) in [4.78, 5) is 26.6. The maximum atomic E-state index is 12.8. The molecule has 0 unspecified atom stereocenters. The average Bonchev–Trinajstić information content (AvgIpc) is 3.50. The van der Waals surface area contributed by atoms with E-state index in [1.807, 2.05) is 52.7 Å². The van der Waals surface area contributed by atoms with E-state index >= 15 is 0 Å². The lowest BCUT2D eigenvalue weighted by Crippen LogP contribution is -2.48. The summed E-state index contributed by atoms with van der Waals surface area (Å²) >= 11 is 9.49. The summed E-state index contributed by atoms with van der Waals surface area (Å²) in [6.45, 7) is 3.99. The molecule has 4 aromatic rings. The molecule has 2 aromatic carbocycles. The molecule has 5 nitrogen and oxygen atoms in total. The molecule has 1 fully saturated rings. The molecule has 1 amide bonds. The summed E-state index contributed by atoms with van der Waals surface area (Å²) in [5.74, 6) is 0.130. The minimum atomic E-state index is 0.130. The van der Waals surface area contributed by atoms with E-state index in [9.17, 15) is 4.79 Å². The Kier molecular flexibility index (Phi) is 6.83. The number of hydrogen-bond donors (Lipinski definition) is 0. The predicted molar refractivity (Wildman–Crippen MR) is 136 cm³/mol. The van der Waals surface area contributed by atoms with Gasteiger partial charge in [0.1, 0.15) is 10.0 Å². The number of hydrogen-bond acceptors (Lipinski definition) is 6. The Balaban J connectivity index is 1.13. The van der Waals surface area contributed by atoms with Gasteiger partial charge in [-0.1, -0.05) is 60.1 Å². The van der Waals surface area contributed by atoms with Crippen LogP contribution in [-0.4, -0.2) is 51.9 Å². The van der Waals surface area contributed by atoms with Gasteiger partial charge in [-0.3, -0.25) is 9.69 Å². The molecule has 8 heteroatoms. The SMILES string of the molecule is O=C(Cc1csc(-c2ccccc2Cl)n1)N1CCN(Cc2csc(-c3ccccc3)n2)CC1. The second-order valence-corrected chi connectivity index (χ2v) is 10.1. The molecule has 0 N–H and O–H groups in total. The van der Waals surface area contributed by atoms with Crippen LogP contribution in [-0.2, 0) is 17.8 Å². The molecule has 0 atom stereocenters. The number of amides is 1. The average molecular weight is 495 g/mol. The van der Waals surface area contributed by atoms with Crippen molar-refractivity contribution < 1.29 is 4.79 Å². The maximum Gasteiger partial charge on any atom is 0.228 e. The first-order valence-corrected chi connectivity index (χ1v) is 13.0. The highest BCUT2D eigenvalue weighted by molar-refractivity contribution is 7.13. The standard InChI is InChI=1S/C25H23ClN4OS2/c26-22-9-5-4-8-21(22)25-27-19(16-33-25)14-23(31)30-12-10-29(11-13-30)15-20-17-32-24(28-20)18-6-2-1-3-7-18/h1-9,16-17H,10-15H2. The highest BCUT2D eigenvalue weighted by atomic mass is 35.5. The van der Waals surface area contributed by atoms with Crippen LogP contribution in [0.3, 0.4) is 0 Å². The second kappa shape index (κ2) is 10.1. The van der Waals surface area contributed by atoms with Gasteiger partial charge in [0.15, 0.2) is 0 Å². The Morgan fingerprint density at radius 3 is 2.30 bits per heavy atom. The molecule has 0 radical (unpaired) electrons. The van der Waals surface area contributed by atoms with Crippen molar-refractivity contribution in [2.75, 3.05) is 26.2 Å². The molecular formula is C25H23ClN4OS2. The van der Waals surface area contributed by atoms with Crippen LogP contribution >= 0.6 is 34.3 Å². The lowest BCUT2D eigenvalue weighted by molar-refractivity contribution is -0.132. The summed E-state index contributed by atoms with van der Waals surface area (Å²) in [7, 11) is 0. The minimum Gasteiger partial charge on any atom is -0.340 e. The first-order valence-electron chi connectivity index (χ1n) is 10.8. The summed E-state index contributed by atoms with van der Waals surface area (Å²) in [6, 6.07) is 17.9. The number of carbonyl (C=O) groups is 1. The smallest absolute Gasteiger partial charge is 0.228 e. The molecule has 1 aliphatic heterocycles. The van der Waals surface area contributed by atoms with Gasteiger partial charge >= 0.3 is 0 Å². The number of benzene rings is 2. The molecule has 168 valence electrons. The van der Waals surface area contributed by atoms with Crippen LogP contribution < -0.4 is 0 Å². The van der Waals surface area contributed by atoms with Gasteiger partial charge in [0, 0.05) is 54.6 Å². The van der Waals surface area contributed by atoms with Crippen LogP contribution in [0.2, 0.25) is 5.02 Å². The minimum absolute atomic E-state index is 0.130. The monoisotopic (exact) mass is 494 g/mol. The van der Waals surface area contributed by atoms with Gasteiger partial charge in [0.2, 0.25) is 5.91 Å². The normalized spacial score (nSPS) is 14.5. The van der Waals surface area contributed by atoms with Crippen molar-refractivity contribution in [1.82, 2.24) is 19.8 Å². The lowest BCUT2D eigenvalue weighted by atomic mass is 10.2. The fraction of sp³-hybridized carbons (Fsp3) is 0.240. The van der Waals surface area contributed by atoms with Crippen molar-refractivity contribution in [3.05, 3.63) is 81.8 Å². The Morgan fingerprint density at radius 2 is 1.52 bits per heavy atom. The number of rotatable bonds is 6. The van der Waals surface area contributed by atoms with E-state index in [0.29, 0.717) is 11.4 Å². The van der Waals surface area contributed by atoms with Gasteiger partial charge in [0.25, 0.3) is 0 Å². The third-order valence-electron chi connectivity index (χ3n) is 5.67. The van der Waals surface area contributed by atoms with Crippen molar-refractivity contribution in [2.24, 2.45) is 0 Å². The van der Waals surface area contributed by atoms with Gasteiger partial charge < -0.3 is 4.90 Å². The first kappa shape index (κ1) is 22.2. The summed E-state index contributed by atoms with van der Waals surface area (Å²) < 4.78 is 0. The molecule has 5 rings (SSSR count). The van der Waals surface area contributed by atoms with Gasteiger partial charge in [-0.25, -0.2) is 9.97 Å². The third kappa shape index (κ3) is 5.33. The van der Waals surface area contributed by atoms with Crippen molar-refractivity contribution in [1.29, 1.82) is 0 Å². The van der Waals surface area contributed by atoms with Crippen molar-refractivity contribution >= 4 is 40.2 Å². The Hall–Kier alpha value is -2.58. The fourth-order valence-corrected chi connectivity index (χ4v) is 5.85. The van der Waals surface area contributed by atoms with Crippen LogP contribution in [0.5, 0.6) is 0 Å². The number of aromatic nitrogens is 2. The maximum absolute atomic E-state index is 12.8. The Bertz CT molecular complexity index is 1230. The van der Waals surface area contributed by atoms with E-state index in [1.165, 1.54) is 11.3 Å². The van der Waals surface area contributed by atoms with Crippen LogP contribution in [0.15, 0.2) is 65.4 Å². The summed E-state index contributed by atoms with van der Waals surface area (Å²) in [5.41, 5.74) is 3.96. The highest BCUT2D eigenvalue weighted by Crippen LogP contribution is 2.30. The topological polar surface area (TPSA) is 49.3 Å². The molecular weight excluding hydrogens is 472 g/mol. The lowest BCUT2D eigenvalue weighted by Gasteiger charge is -2.34. The van der Waals surface area contributed by atoms with Crippen LogP contribution in [0.4, 0.5) is 0 Å². The predicted octanol–water partition coefficient (Wildman–Crippen LogP) is 5.47. The molecule has 0 bridgehead atoms. The molecule has 1 saturated heterocycles.